The molecule has 5 N–H and O–H groups in total. The van der Waals surface area contributed by atoms with Gasteiger partial charge in [0, 0.05) is 16.4 Å². The number of benzene rings is 1. The van der Waals surface area contributed by atoms with E-state index in [1.54, 1.807) is 50.4 Å². The van der Waals surface area contributed by atoms with Crippen LogP contribution < -0.4 is 21.5 Å². The van der Waals surface area contributed by atoms with Gasteiger partial charge in [0.05, 0.1) is 0 Å². The molecule has 0 aliphatic heterocycles. The first-order valence-corrected chi connectivity index (χ1v) is 8.73. The number of rotatable bonds is 5. The second-order valence-corrected chi connectivity index (χ2v) is 6.78. The van der Waals surface area contributed by atoms with Crippen molar-refractivity contribution in [1.82, 2.24) is 21.2 Å². The zero-order valence-electron chi connectivity index (χ0n) is 14.3. The molecule has 0 fully saturated rings. The lowest BCUT2D eigenvalue weighted by Gasteiger charge is -2.22. The summed E-state index contributed by atoms with van der Waals surface area (Å²) in [5.74, 6) is -1.21. The maximum absolute atomic E-state index is 12.3. The number of aromatic amines is 1. The molecule has 0 bridgehead atoms. The molecule has 4 amide bonds. The molecule has 1 heterocycles. The number of halogens is 1. The van der Waals surface area contributed by atoms with Crippen LogP contribution in [-0.2, 0) is 4.79 Å². The van der Waals surface area contributed by atoms with E-state index in [1.165, 1.54) is 0 Å². The number of aromatic nitrogens is 1. The predicted octanol–water partition coefficient (Wildman–Crippen LogP) is 2.38. The van der Waals surface area contributed by atoms with Crippen molar-refractivity contribution in [3.8, 4) is 0 Å². The molecule has 0 aliphatic rings. The fraction of sp³-hybridized carbons (Fsp3) is 0.235. The van der Waals surface area contributed by atoms with Crippen LogP contribution in [0.3, 0.4) is 0 Å². The Labute approximate surface area is 159 Å². The lowest BCUT2D eigenvalue weighted by atomic mass is 10.0. The van der Waals surface area contributed by atoms with Crippen LogP contribution in [0.4, 0.5) is 10.5 Å². The highest BCUT2D eigenvalue weighted by Gasteiger charge is 2.24. The van der Waals surface area contributed by atoms with Crippen molar-refractivity contribution >= 4 is 39.5 Å². The maximum Gasteiger partial charge on any atom is 0.319 e. The number of urea groups is 1. The van der Waals surface area contributed by atoms with Crippen LogP contribution in [0, 0.1) is 5.92 Å². The number of amides is 4. The summed E-state index contributed by atoms with van der Waals surface area (Å²) in [6, 6.07) is 9.12. The maximum atomic E-state index is 12.3. The van der Waals surface area contributed by atoms with Gasteiger partial charge in [-0.25, -0.2) is 4.79 Å². The smallest absolute Gasteiger partial charge is 0.319 e. The molecule has 0 radical (unpaired) electrons. The quantitative estimate of drug-likeness (QED) is 0.477. The summed E-state index contributed by atoms with van der Waals surface area (Å²) in [6.45, 7) is 3.58. The lowest BCUT2D eigenvalue weighted by Crippen LogP contribution is -2.55. The molecule has 1 aromatic carbocycles. The largest absolute Gasteiger partial charge is 0.356 e. The molecule has 2 aromatic rings. The molecular formula is C17H20BrN5O3. The minimum Gasteiger partial charge on any atom is -0.356 e. The zero-order valence-corrected chi connectivity index (χ0v) is 15.9. The van der Waals surface area contributed by atoms with Crippen molar-refractivity contribution in [2.24, 2.45) is 5.92 Å². The number of hydrogen-bond donors (Lipinski definition) is 5. The van der Waals surface area contributed by atoms with E-state index < -0.39 is 23.9 Å². The first-order chi connectivity index (χ1) is 12.4. The average molecular weight is 422 g/mol. The average Bonchev–Trinajstić information content (AvgIpc) is 3.04. The monoisotopic (exact) mass is 421 g/mol. The van der Waals surface area contributed by atoms with Gasteiger partial charge in [-0.2, -0.15) is 0 Å². The minimum atomic E-state index is -0.825. The van der Waals surface area contributed by atoms with Crippen molar-refractivity contribution in [3.05, 3.63) is 52.8 Å². The Balaban J connectivity index is 1.90. The highest BCUT2D eigenvalue weighted by molar-refractivity contribution is 9.10. The summed E-state index contributed by atoms with van der Waals surface area (Å²) >= 11 is 3.22. The molecule has 0 spiro atoms. The fourth-order valence-corrected chi connectivity index (χ4v) is 2.47. The molecule has 26 heavy (non-hydrogen) atoms. The van der Waals surface area contributed by atoms with E-state index in [9.17, 15) is 14.4 Å². The minimum absolute atomic E-state index is 0.187. The Morgan fingerprint density at radius 2 is 1.77 bits per heavy atom. The summed E-state index contributed by atoms with van der Waals surface area (Å²) in [5.41, 5.74) is 5.53. The number of anilines is 1. The number of carbonyl (C=O) groups excluding carboxylic acids is 3. The molecule has 138 valence electrons. The number of H-pyrrole nitrogens is 1. The summed E-state index contributed by atoms with van der Waals surface area (Å²) in [6.07, 6.45) is 1.60. The Morgan fingerprint density at radius 1 is 1.08 bits per heavy atom. The first-order valence-electron chi connectivity index (χ1n) is 7.93. The molecule has 9 heteroatoms. The summed E-state index contributed by atoms with van der Waals surface area (Å²) in [5, 5.41) is 5.25. The highest BCUT2D eigenvalue weighted by atomic mass is 79.9. The third-order valence-corrected chi connectivity index (χ3v) is 3.92. The number of carbonyl (C=O) groups is 3. The van der Waals surface area contributed by atoms with Gasteiger partial charge in [0.2, 0.25) is 0 Å². The van der Waals surface area contributed by atoms with Crippen LogP contribution in [-0.4, -0.2) is 28.9 Å². The van der Waals surface area contributed by atoms with E-state index in [-0.39, 0.29) is 11.6 Å². The van der Waals surface area contributed by atoms with E-state index in [4.69, 9.17) is 0 Å². The predicted molar refractivity (Wildman–Crippen MR) is 101 cm³/mol. The molecule has 2 rings (SSSR count). The van der Waals surface area contributed by atoms with Gasteiger partial charge in [0.15, 0.2) is 0 Å². The molecular weight excluding hydrogens is 402 g/mol. The second kappa shape index (κ2) is 9.04. The summed E-state index contributed by atoms with van der Waals surface area (Å²) in [4.78, 5) is 39.1. The molecule has 8 nitrogen and oxygen atoms in total. The highest BCUT2D eigenvalue weighted by Crippen LogP contribution is 2.10. The molecule has 1 unspecified atom stereocenters. The van der Waals surface area contributed by atoms with Crippen LogP contribution in [0.1, 0.15) is 24.3 Å². The van der Waals surface area contributed by atoms with Crippen molar-refractivity contribution in [3.63, 3.8) is 0 Å². The van der Waals surface area contributed by atoms with Crippen LogP contribution in [0.2, 0.25) is 0 Å². The Kier molecular flexibility index (Phi) is 6.79. The van der Waals surface area contributed by atoms with E-state index in [1.807, 2.05) is 6.07 Å². The van der Waals surface area contributed by atoms with Crippen LogP contribution in [0.15, 0.2) is 47.1 Å². The normalized spacial score (nSPS) is 11.5. The summed E-state index contributed by atoms with van der Waals surface area (Å²) in [7, 11) is 0. The van der Waals surface area contributed by atoms with Gasteiger partial charge < -0.3 is 15.6 Å². The topological polar surface area (TPSA) is 115 Å². The SMILES string of the molecule is CC(C)C(NC(=O)Nc1ccccc1)C(=O)NNC(=O)c1cc(Br)c[nH]1. The molecule has 0 saturated carbocycles. The molecule has 0 aliphatic carbocycles. The Morgan fingerprint density at radius 3 is 2.35 bits per heavy atom. The molecule has 0 saturated heterocycles. The molecule has 1 atom stereocenters. The molecule has 1 aromatic heterocycles. The van der Waals surface area contributed by atoms with Crippen molar-refractivity contribution in [2.45, 2.75) is 19.9 Å². The number of hydrazine groups is 1. The third kappa shape index (κ3) is 5.62. The first kappa shape index (κ1) is 19.5. The van der Waals surface area contributed by atoms with Crippen LogP contribution in [0.5, 0.6) is 0 Å². The van der Waals surface area contributed by atoms with Crippen molar-refractivity contribution in [2.75, 3.05) is 5.32 Å². The van der Waals surface area contributed by atoms with Gasteiger partial charge in [-0.3, -0.25) is 20.4 Å². The van der Waals surface area contributed by atoms with Crippen LogP contribution >= 0.6 is 15.9 Å². The van der Waals surface area contributed by atoms with Gasteiger partial charge in [-0.1, -0.05) is 32.0 Å². The summed E-state index contributed by atoms with van der Waals surface area (Å²) < 4.78 is 0.716. The van der Waals surface area contributed by atoms with E-state index in [0.717, 1.165) is 0 Å². The van der Waals surface area contributed by atoms with Gasteiger partial charge >= 0.3 is 6.03 Å². The Hall–Kier alpha value is -2.81. The van der Waals surface area contributed by atoms with E-state index >= 15 is 0 Å². The van der Waals surface area contributed by atoms with Gasteiger partial charge in [0.1, 0.15) is 11.7 Å². The second-order valence-electron chi connectivity index (χ2n) is 5.86. The number of nitrogens with one attached hydrogen (secondary N) is 5. The number of hydrogen-bond acceptors (Lipinski definition) is 3. The van der Waals surface area contributed by atoms with Gasteiger partial charge in [-0.15, -0.1) is 0 Å². The van der Waals surface area contributed by atoms with Gasteiger partial charge in [-0.05, 0) is 40.0 Å². The Bertz CT molecular complexity index is 776. The fourth-order valence-electron chi connectivity index (χ4n) is 2.13. The van der Waals surface area contributed by atoms with Crippen LogP contribution in [0.25, 0.3) is 0 Å². The third-order valence-electron chi connectivity index (χ3n) is 3.46. The van der Waals surface area contributed by atoms with Crippen molar-refractivity contribution in [1.29, 1.82) is 0 Å². The van der Waals surface area contributed by atoms with Crippen molar-refractivity contribution < 1.29 is 14.4 Å². The van der Waals surface area contributed by atoms with Gasteiger partial charge in [0.25, 0.3) is 11.8 Å². The number of para-hydroxylation sites is 1. The zero-order chi connectivity index (χ0) is 19.1. The van der Waals surface area contributed by atoms with E-state index in [2.05, 4.69) is 42.4 Å². The van der Waals surface area contributed by atoms with E-state index in [0.29, 0.717) is 10.2 Å². The standard InChI is InChI=1S/C17H20BrN5O3/c1-10(2)14(21-17(26)20-12-6-4-3-5-7-12)16(25)23-22-15(24)13-8-11(18)9-19-13/h3-10,14,19H,1-2H3,(H,22,24)(H,23,25)(H2,20,21,26). The lowest BCUT2D eigenvalue weighted by molar-refractivity contribution is -0.124.